The van der Waals surface area contributed by atoms with Crippen LogP contribution < -0.4 is 15.5 Å². The highest BCUT2D eigenvalue weighted by atomic mass is 35.5. The number of carbonyl (C=O) groups is 1. The van der Waals surface area contributed by atoms with E-state index < -0.39 is 30.4 Å². The molecule has 0 radical (unpaired) electrons. The summed E-state index contributed by atoms with van der Waals surface area (Å²) in [5.74, 6) is -1.30. The van der Waals surface area contributed by atoms with Crippen LogP contribution in [0.5, 0.6) is 0 Å². The van der Waals surface area contributed by atoms with Gasteiger partial charge in [0, 0.05) is 50.8 Å². The van der Waals surface area contributed by atoms with Crippen LogP contribution in [0.3, 0.4) is 0 Å². The number of aliphatic hydroxyl groups excluding tert-OH is 1. The van der Waals surface area contributed by atoms with Crippen molar-refractivity contribution in [2.75, 3.05) is 49.5 Å². The summed E-state index contributed by atoms with van der Waals surface area (Å²) in [4.78, 5) is 16.5. The number of hydrogen-bond donors (Lipinski definition) is 3. The maximum Gasteiger partial charge on any atom is 0.390 e. The second-order valence-corrected chi connectivity index (χ2v) is 9.04. The maximum atomic E-state index is 14.7. The van der Waals surface area contributed by atoms with E-state index >= 15 is 0 Å². The molecule has 2 aromatic rings. The molecule has 35 heavy (non-hydrogen) atoms. The van der Waals surface area contributed by atoms with Crippen LogP contribution in [-0.4, -0.2) is 67.5 Å². The summed E-state index contributed by atoms with van der Waals surface area (Å²) in [6.45, 7) is 4.09. The van der Waals surface area contributed by atoms with Crippen molar-refractivity contribution in [3.8, 4) is 0 Å². The lowest BCUT2D eigenvalue weighted by Gasteiger charge is -2.37. The molecular weight excluding hydrogens is 488 g/mol. The number of halogens is 5. The summed E-state index contributed by atoms with van der Waals surface area (Å²) in [6, 6.07) is 9.21. The molecule has 1 atom stereocenters. The number of carbonyl (C=O) groups excluding carboxylic acids is 1. The van der Waals surface area contributed by atoms with E-state index in [2.05, 4.69) is 10.6 Å². The molecule has 1 heterocycles. The predicted molar refractivity (Wildman–Crippen MR) is 129 cm³/mol. The first-order valence-electron chi connectivity index (χ1n) is 11.3. The second kappa shape index (κ2) is 12.0. The van der Waals surface area contributed by atoms with E-state index in [0.717, 1.165) is 0 Å². The minimum absolute atomic E-state index is 0.0553. The number of hydrogen-bond acceptors (Lipinski definition) is 5. The first kappa shape index (κ1) is 27.2. The standard InChI is InChI=1S/C24H29ClF4N4O2/c1-16(34)14-30-15-17-2-4-19(20(26)12-17)23(35)31-21-5-3-18(25)13-22(21)33-10-8-32(9-11-33)7-6-24(27,28)29/h2-5,12-13,16,30,34H,6-11,14-15H2,1H3,(H,31,35)/t16-/m1/s1. The first-order valence-corrected chi connectivity index (χ1v) is 11.7. The summed E-state index contributed by atoms with van der Waals surface area (Å²) in [5.41, 5.74) is 1.57. The Hall–Kier alpha value is -2.40. The molecule has 192 valence electrons. The number of aliphatic hydroxyl groups is 1. The van der Waals surface area contributed by atoms with Gasteiger partial charge in [-0.2, -0.15) is 13.2 Å². The molecule has 11 heteroatoms. The molecule has 0 unspecified atom stereocenters. The number of benzene rings is 2. The normalized spacial score (nSPS) is 15.8. The van der Waals surface area contributed by atoms with Crippen LogP contribution in [-0.2, 0) is 6.54 Å². The highest BCUT2D eigenvalue weighted by molar-refractivity contribution is 6.31. The molecule has 1 aliphatic heterocycles. The summed E-state index contributed by atoms with van der Waals surface area (Å²) in [5, 5.41) is 15.5. The Morgan fingerprint density at radius 2 is 1.86 bits per heavy atom. The maximum absolute atomic E-state index is 14.7. The largest absolute Gasteiger partial charge is 0.392 e. The number of piperazine rings is 1. The molecular formula is C24H29ClF4N4O2. The van der Waals surface area contributed by atoms with Gasteiger partial charge in [0.2, 0.25) is 0 Å². The third-order valence-electron chi connectivity index (χ3n) is 5.68. The third kappa shape index (κ3) is 8.34. The molecule has 0 aliphatic carbocycles. The van der Waals surface area contributed by atoms with Crippen LogP contribution in [0, 0.1) is 5.82 Å². The van der Waals surface area contributed by atoms with Gasteiger partial charge in [0.25, 0.3) is 5.91 Å². The van der Waals surface area contributed by atoms with E-state index in [9.17, 15) is 27.5 Å². The van der Waals surface area contributed by atoms with Gasteiger partial charge in [0.05, 0.1) is 29.5 Å². The number of rotatable bonds is 9. The Kier molecular flexibility index (Phi) is 9.34. The number of nitrogens with one attached hydrogen (secondary N) is 2. The zero-order valence-corrected chi connectivity index (χ0v) is 20.1. The van der Waals surface area contributed by atoms with Crippen molar-refractivity contribution in [3.05, 3.63) is 58.4 Å². The van der Waals surface area contributed by atoms with Crippen molar-refractivity contribution in [2.45, 2.75) is 32.2 Å². The van der Waals surface area contributed by atoms with E-state index in [1.54, 1.807) is 36.1 Å². The molecule has 0 bridgehead atoms. The first-order chi connectivity index (χ1) is 16.5. The Morgan fingerprint density at radius 3 is 2.49 bits per heavy atom. The average molecular weight is 517 g/mol. The van der Waals surface area contributed by atoms with E-state index in [4.69, 9.17) is 11.6 Å². The van der Waals surface area contributed by atoms with Gasteiger partial charge >= 0.3 is 6.18 Å². The van der Waals surface area contributed by atoms with Gasteiger partial charge in [0.1, 0.15) is 5.82 Å². The summed E-state index contributed by atoms with van der Waals surface area (Å²) in [6.07, 6.45) is -5.57. The van der Waals surface area contributed by atoms with E-state index in [0.29, 0.717) is 61.2 Å². The fraction of sp³-hybridized carbons (Fsp3) is 0.458. The summed E-state index contributed by atoms with van der Waals surface area (Å²) in [7, 11) is 0. The number of amides is 1. The Balaban J connectivity index is 1.66. The average Bonchev–Trinajstić information content (AvgIpc) is 2.78. The van der Waals surface area contributed by atoms with Gasteiger partial charge in [0.15, 0.2) is 0 Å². The number of nitrogens with zero attached hydrogens (tertiary/aromatic N) is 2. The van der Waals surface area contributed by atoms with Crippen molar-refractivity contribution in [2.24, 2.45) is 0 Å². The van der Waals surface area contributed by atoms with Crippen LogP contribution in [0.1, 0.15) is 29.3 Å². The van der Waals surface area contributed by atoms with E-state index in [1.807, 2.05) is 4.90 Å². The topological polar surface area (TPSA) is 67.8 Å². The SMILES string of the molecule is C[C@@H](O)CNCc1ccc(C(=O)Nc2ccc(Cl)cc2N2CCN(CCC(F)(F)F)CC2)c(F)c1. The van der Waals surface area contributed by atoms with Crippen molar-refractivity contribution >= 4 is 28.9 Å². The van der Waals surface area contributed by atoms with Crippen LogP contribution in [0.2, 0.25) is 5.02 Å². The molecule has 1 saturated heterocycles. The fourth-order valence-electron chi connectivity index (χ4n) is 3.84. The van der Waals surface area contributed by atoms with Gasteiger partial charge in [-0.05, 0) is 42.8 Å². The Morgan fingerprint density at radius 1 is 1.14 bits per heavy atom. The summed E-state index contributed by atoms with van der Waals surface area (Å²) >= 11 is 6.17. The van der Waals surface area contributed by atoms with Gasteiger partial charge in [-0.25, -0.2) is 4.39 Å². The number of alkyl halides is 3. The highest BCUT2D eigenvalue weighted by Gasteiger charge is 2.29. The minimum atomic E-state index is -4.19. The van der Waals surface area contributed by atoms with Gasteiger partial charge in [-0.1, -0.05) is 17.7 Å². The molecule has 0 spiro atoms. The lowest BCUT2D eigenvalue weighted by Crippen LogP contribution is -2.47. The molecule has 1 amide bonds. The molecule has 0 saturated carbocycles. The lowest BCUT2D eigenvalue weighted by molar-refractivity contribution is -0.138. The molecule has 3 N–H and O–H groups in total. The molecule has 2 aromatic carbocycles. The molecule has 0 aromatic heterocycles. The zero-order chi connectivity index (χ0) is 25.6. The van der Waals surface area contributed by atoms with Crippen molar-refractivity contribution in [1.29, 1.82) is 0 Å². The Labute approximate surface area is 206 Å². The number of anilines is 2. The van der Waals surface area contributed by atoms with E-state index in [1.165, 1.54) is 12.1 Å². The predicted octanol–water partition coefficient (Wildman–Crippen LogP) is 4.28. The molecule has 3 rings (SSSR count). The minimum Gasteiger partial charge on any atom is -0.392 e. The van der Waals surface area contributed by atoms with Crippen molar-refractivity contribution < 1.29 is 27.5 Å². The van der Waals surface area contributed by atoms with Gasteiger partial charge in [-0.15, -0.1) is 0 Å². The zero-order valence-electron chi connectivity index (χ0n) is 19.3. The van der Waals surface area contributed by atoms with Gasteiger partial charge in [-0.3, -0.25) is 9.69 Å². The van der Waals surface area contributed by atoms with Crippen LogP contribution >= 0.6 is 11.6 Å². The van der Waals surface area contributed by atoms with Crippen molar-refractivity contribution in [1.82, 2.24) is 10.2 Å². The Bertz CT molecular complexity index is 1010. The second-order valence-electron chi connectivity index (χ2n) is 8.60. The van der Waals surface area contributed by atoms with Crippen molar-refractivity contribution in [3.63, 3.8) is 0 Å². The quantitative estimate of drug-likeness (QED) is 0.434. The van der Waals surface area contributed by atoms with E-state index in [-0.39, 0.29) is 12.1 Å². The van der Waals surface area contributed by atoms with Crippen LogP contribution in [0.15, 0.2) is 36.4 Å². The van der Waals surface area contributed by atoms with Crippen LogP contribution in [0.4, 0.5) is 28.9 Å². The smallest absolute Gasteiger partial charge is 0.390 e. The molecule has 1 fully saturated rings. The van der Waals surface area contributed by atoms with Crippen LogP contribution in [0.25, 0.3) is 0 Å². The highest BCUT2D eigenvalue weighted by Crippen LogP contribution is 2.31. The molecule has 1 aliphatic rings. The lowest BCUT2D eigenvalue weighted by atomic mass is 10.1. The fourth-order valence-corrected chi connectivity index (χ4v) is 4.00. The molecule has 6 nitrogen and oxygen atoms in total. The summed E-state index contributed by atoms with van der Waals surface area (Å²) < 4.78 is 52.2. The third-order valence-corrected chi connectivity index (χ3v) is 5.91. The van der Waals surface area contributed by atoms with Gasteiger partial charge < -0.3 is 20.6 Å². The monoisotopic (exact) mass is 516 g/mol.